The predicted molar refractivity (Wildman–Crippen MR) is 33.4 cm³/mol. The predicted octanol–water partition coefficient (Wildman–Crippen LogP) is -0.987. The van der Waals surface area contributed by atoms with Crippen LogP contribution in [-0.2, 0) is 4.79 Å². The maximum atomic E-state index is 9.22. The lowest BCUT2D eigenvalue weighted by Crippen LogP contribution is -1.75. The Hall–Kier alpha value is -0.895. The molecule has 0 aliphatic carbocycles. The van der Waals surface area contributed by atoms with Crippen LogP contribution in [0.25, 0.3) is 0 Å². The number of hydrogen-bond donors (Lipinski definition) is 2. The van der Waals surface area contributed by atoms with E-state index in [1.54, 1.807) is 0 Å². The van der Waals surface area contributed by atoms with Crippen LogP contribution in [-0.4, -0.2) is 30.4 Å². The molecule has 0 amide bonds. The minimum absolute atomic E-state index is 0. The molecular weight excluding hydrogens is 121 g/mol. The van der Waals surface area contributed by atoms with E-state index in [9.17, 15) is 4.79 Å². The fourth-order valence-corrected chi connectivity index (χ4v) is 0.102. The molecule has 0 spiro atoms. The summed E-state index contributed by atoms with van der Waals surface area (Å²) < 4.78 is 0. The molecule has 0 aromatic carbocycles. The second-order valence-electron chi connectivity index (χ2n) is 0.836. The Balaban J connectivity index is 0. The number of nitrogens with zero attached hydrogens (tertiary/aromatic N) is 1. The van der Waals surface area contributed by atoms with Crippen molar-refractivity contribution < 1.29 is 14.8 Å². The summed E-state index contributed by atoms with van der Waals surface area (Å²) in [7, 11) is 0. The topological polar surface area (TPSA) is 69.9 Å². The van der Waals surface area contributed by atoms with Crippen molar-refractivity contribution in [3.05, 3.63) is 12.7 Å². The van der Waals surface area contributed by atoms with Gasteiger partial charge in [0.1, 0.15) is 0 Å². The summed E-state index contributed by atoms with van der Waals surface area (Å²) in [5, 5.41) is 14.0. The summed E-state index contributed by atoms with van der Waals surface area (Å²) in [6.07, 6.45) is 2.90. The van der Waals surface area contributed by atoms with Crippen molar-refractivity contribution in [3.8, 4) is 0 Å². The molecule has 0 heterocycles. The van der Waals surface area contributed by atoms with Gasteiger partial charge in [-0.3, -0.25) is 0 Å². The second kappa shape index (κ2) is 15.7. The smallest absolute Gasteiger partial charge is 0.429 e. The van der Waals surface area contributed by atoms with Crippen LogP contribution in [0.2, 0.25) is 0 Å². The van der Waals surface area contributed by atoms with Crippen LogP contribution in [0.4, 0.5) is 0 Å². The van der Waals surface area contributed by atoms with Gasteiger partial charge in [0, 0.05) is 0 Å². The molecule has 0 saturated carbocycles. The molecular formula is C4H7BNO3. The molecule has 0 rings (SSSR count). The van der Waals surface area contributed by atoms with Gasteiger partial charge in [-0.15, -0.1) is 6.58 Å². The first-order valence-electron chi connectivity index (χ1n) is 2.08. The Bertz CT molecular complexity index is 100.0. The van der Waals surface area contributed by atoms with Crippen molar-refractivity contribution in [2.45, 2.75) is 0 Å². The average molecular weight is 128 g/mol. The molecule has 0 aromatic rings. The van der Waals surface area contributed by atoms with E-state index in [1.807, 2.05) is 0 Å². The monoisotopic (exact) mass is 128 g/mol. The first-order chi connectivity index (χ1) is 4.33. The lowest BCUT2D eigenvalue weighted by atomic mass is 10.5. The first kappa shape index (κ1) is 11.0. The van der Waals surface area contributed by atoms with E-state index in [0.717, 1.165) is 0 Å². The van der Waals surface area contributed by atoms with E-state index in [-0.39, 0.29) is 7.69 Å². The molecule has 0 aliphatic rings. The highest BCUT2D eigenvalue weighted by atomic mass is 16.4. The maximum absolute atomic E-state index is 9.22. The van der Waals surface area contributed by atoms with Gasteiger partial charge in [-0.25, -0.2) is 9.79 Å². The van der Waals surface area contributed by atoms with Crippen molar-refractivity contribution >= 4 is 13.8 Å². The minimum Gasteiger partial charge on any atom is -0.429 e. The van der Waals surface area contributed by atoms with Gasteiger partial charge >= 0.3 is 7.69 Å². The summed E-state index contributed by atoms with van der Waals surface area (Å²) in [4.78, 5) is 12.4. The third-order valence-electron chi connectivity index (χ3n) is 0.285. The first-order valence-corrected chi connectivity index (χ1v) is 2.08. The molecule has 0 saturated heterocycles. The Morgan fingerprint density at radius 1 is 1.78 bits per heavy atom. The molecule has 5 heteroatoms. The molecule has 1 radical (unpaired) electrons. The van der Waals surface area contributed by atoms with Gasteiger partial charge in [-0.05, 0) is 0 Å². The number of isocyanates is 1. The van der Waals surface area contributed by atoms with Gasteiger partial charge in [0.15, 0.2) is 0 Å². The Morgan fingerprint density at radius 3 is 2.33 bits per heavy atom. The molecule has 0 fully saturated rings. The average Bonchev–Trinajstić information content (AvgIpc) is 1.86. The zero-order valence-corrected chi connectivity index (χ0v) is 4.82. The lowest BCUT2D eigenvalue weighted by Gasteiger charge is -1.64. The highest BCUT2D eigenvalue weighted by Crippen LogP contribution is 1.61. The number of carbonyl (C=O) groups excluding carboxylic acids is 1. The summed E-state index contributed by atoms with van der Waals surface area (Å²) in [5.41, 5.74) is 0. The van der Waals surface area contributed by atoms with Gasteiger partial charge in [-0.2, -0.15) is 0 Å². The summed E-state index contributed by atoms with van der Waals surface area (Å²) in [6, 6.07) is 0. The standard InChI is InChI=1S/C4H5NO.BH2O2/c1-2-3-5-4-6;2-1-3/h2H,1,3H2;2-3H. The van der Waals surface area contributed by atoms with E-state index >= 15 is 0 Å². The maximum Gasteiger partial charge on any atom is 0.482 e. The third kappa shape index (κ3) is 41.8. The van der Waals surface area contributed by atoms with Gasteiger partial charge in [0.05, 0.1) is 6.54 Å². The summed E-state index contributed by atoms with van der Waals surface area (Å²) in [6.45, 7) is 3.70. The minimum atomic E-state index is 0. The van der Waals surface area contributed by atoms with Crippen molar-refractivity contribution in [1.29, 1.82) is 0 Å². The third-order valence-corrected chi connectivity index (χ3v) is 0.285. The molecule has 2 N–H and O–H groups in total. The van der Waals surface area contributed by atoms with E-state index in [1.165, 1.54) is 12.2 Å². The quantitative estimate of drug-likeness (QED) is 0.217. The van der Waals surface area contributed by atoms with E-state index in [4.69, 9.17) is 10.0 Å². The Kier molecular flexibility index (Phi) is 19.2. The summed E-state index contributed by atoms with van der Waals surface area (Å²) >= 11 is 0. The summed E-state index contributed by atoms with van der Waals surface area (Å²) in [5.74, 6) is 0. The van der Waals surface area contributed by atoms with E-state index in [0.29, 0.717) is 6.54 Å². The largest absolute Gasteiger partial charge is 0.482 e. The van der Waals surface area contributed by atoms with Crippen molar-refractivity contribution in [2.24, 2.45) is 4.99 Å². The van der Waals surface area contributed by atoms with Crippen molar-refractivity contribution in [1.82, 2.24) is 0 Å². The van der Waals surface area contributed by atoms with Gasteiger partial charge < -0.3 is 10.0 Å². The molecule has 0 atom stereocenters. The van der Waals surface area contributed by atoms with Crippen LogP contribution in [0, 0.1) is 0 Å². The Morgan fingerprint density at radius 2 is 2.22 bits per heavy atom. The highest BCUT2D eigenvalue weighted by molar-refractivity contribution is 6.13. The molecule has 0 aliphatic heterocycles. The normalized spacial score (nSPS) is 5.56. The second-order valence-corrected chi connectivity index (χ2v) is 0.836. The molecule has 9 heavy (non-hydrogen) atoms. The number of hydrogen-bond acceptors (Lipinski definition) is 4. The van der Waals surface area contributed by atoms with Gasteiger partial charge in [0.2, 0.25) is 6.08 Å². The molecule has 4 nitrogen and oxygen atoms in total. The zero-order valence-electron chi connectivity index (χ0n) is 4.82. The number of rotatable bonds is 2. The molecule has 0 aromatic heterocycles. The van der Waals surface area contributed by atoms with Crippen LogP contribution in [0.5, 0.6) is 0 Å². The van der Waals surface area contributed by atoms with Gasteiger partial charge in [-0.1, -0.05) is 6.08 Å². The van der Waals surface area contributed by atoms with Crippen LogP contribution >= 0.6 is 0 Å². The molecule has 0 bridgehead atoms. The number of aliphatic imine (C=N–C) groups is 1. The molecule has 0 unspecified atom stereocenters. The van der Waals surface area contributed by atoms with Crippen molar-refractivity contribution in [3.63, 3.8) is 0 Å². The van der Waals surface area contributed by atoms with Gasteiger partial charge in [0.25, 0.3) is 0 Å². The van der Waals surface area contributed by atoms with E-state index in [2.05, 4.69) is 11.6 Å². The van der Waals surface area contributed by atoms with Crippen LogP contribution in [0.3, 0.4) is 0 Å². The van der Waals surface area contributed by atoms with Crippen LogP contribution in [0.15, 0.2) is 17.6 Å². The van der Waals surface area contributed by atoms with Crippen LogP contribution in [0.1, 0.15) is 0 Å². The van der Waals surface area contributed by atoms with E-state index < -0.39 is 0 Å². The van der Waals surface area contributed by atoms with Crippen molar-refractivity contribution in [2.75, 3.05) is 6.54 Å². The lowest BCUT2D eigenvalue weighted by molar-refractivity contribution is 0.448. The fraction of sp³-hybridized carbons (Fsp3) is 0.250. The molecule has 49 valence electrons. The zero-order chi connectivity index (χ0) is 7.54. The highest BCUT2D eigenvalue weighted by Gasteiger charge is 1.58. The van der Waals surface area contributed by atoms with Crippen LogP contribution < -0.4 is 0 Å². The Labute approximate surface area is 53.9 Å². The SMILES string of the molecule is C=CCN=C=O.O[B]O. The fourth-order valence-electron chi connectivity index (χ4n) is 0.102.